The smallest absolute Gasteiger partial charge is 0.241 e. The third kappa shape index (κ3) is 3.05. The molecule has 0 fully saturated rings. The summed E-state index contributed by atoms with van der Waals surface area (Å²) in [5.74, 6) is 0. The van der Waals surface area contributed by atoms with Crippen LogP contribution in [-0.4, -0.2) is 12.4 Å². The topological polar surface area (TPSA) is 39.1 Å². The molecule has 1 heterocycles. The molecule has 0 aliphatic rings. The van der Waals surface area contributed by atoms with Crippen molar-refractivity contribution < 1.29 is 30.4 Å². The minimum atomic E-state index is -4.93. The second-order valence-electron chi connectivity index (χ2n) is 5.34. The number of fused-ring (bicyclic) bond motifs is 1. The summed E-state index contributed by atoms with van der Waals surface area (Å²) in [5, 5.41) is -0.0607. The standard InChI is InChI=1S/C16H9ClF5NO2S/c17-9-5-6-10-11(15(18)19)8-23(13(10)7-9)26(24,25)14-4-2-1-3-12(14)16(20,21)22/h1-8,15H. The highest BCUT2D eigenvalue weighted by Crippen LogP contribution is 2.37. The fraction of sp³-hybridized carbons (Fsp3) is 0.125. The van der Waals surface area contributed by atoms with E-state index >= 15 is 0 Å². The van der Waals surface area contributed by atoms with Crippen molar-refractivity contribution in [2.45, 2.75) is 17.5 Å². The lowest BCUT2D eigenvalue weighted by Crippen LogP contribution is -2.18. The summed E-state index contributed by atoms with van der Waals surface area (Å²) in [5.41, 5.74) is -2.24. The van der Waals surface area contributed by atoms with Crippen molar-refractivity contribution in [2.75, 3.05) is 0 Å². The minimum Gasteiger partial charge on any atom is -0.241 e. The number of hydrogen-bond donors (Lipinski definition) is 0. The zero-order chi connectivity index (χ0) is 19.3. The summed E-state index contributed by atoms with van der Waals surface area (Å²) in [6, 6.07) is 7.13. The van der Waals surface area contributed by atoms with Crippen LogP contribution in [0.5, 0.6) is 0 Å². The monoisotopic (exact) mass is 409 g/mol. The molecule has 3 aromatic rings. The Balaban J connectivity index is 2.36. The normalized spacial score (nSPS) is 12.9. The maximum atomic E-state index is 13.2. The number of alkyl halides is 5. The molecule has 2 aromatic carbocycles. The maximum absolute atomic E-state index is 13.2. The van der Waals surface area contributed by atoms with E-state index in [2.05, 4.69) is 0 Å². The Morgan fingerprint density at radius 3 is 2.31 bits per heavy atom. The van der Waals surface area contributed by atoms with Gasteiger partial charge in [-0.3, -0.25) is 0 Å². The molecule has 0 N–H and O–H groups in total. The van der Waals surface area contributed by atoms with Crippen LogP contribution in [0.4, 0.5) is 22.0 Å². The first kappa shape index (κ1) is 18.7. The van der Waals surface area contributed by atoms with Crippen LogP contribution in [0.1, 0.15) is 17.6 Å². The molecule has 0 saturated carbocycles. The molecule has 0 bridgehead atoms. The second kappa shape index (κ2) is 6.24. The molecule has 0 unspecified atom stereocenters. The SMILES string of the molecule is O=S(=O)(c1ccccc1C(F)(F)F)n1cc(C(F)F)c2ccc(Cl)cc21. The third-order valence-corrected chi connectivity index (χ3v) is 5.70. The van der Waals surface area contributed by atoms with E-state index in [9.17, 15) is 30.4 Å². The summed E-state index contributed by atoms with van der Waals surface area (Å²) in [7, 11) is -4.80. The molecular formula is C16H9ClF5NO2S. The molecule has 138 valence electrons. The molecule has 0 aliphatic heterocycles. The largest absolute Gasteiger partial charge is 0.417 e. The van der Waals surface area contributed by atoms with Crippen molar-refractivity contribution >= 4 is 32.5 Å². The van der Waals surface area contributed by atoms with Crippen molar-refractivity contribution in [3.05, 3.63) is 64.8 Å². The Labute approximate surface area is 149 Å². The Morgan fingerprint density at radius 1 is 1.04 bits per heavy atom. The molecule has 10 heteroatoms. The average molecular weight is 410 g/mol. The Morgan fingerprint density at radius 2 is 1.69 bits per heavy atom. The van der Waals surface area contributed by atoms with E-state index in [0.29, 0.717) is 16.2 Å². The third-order valence-electron chi connectivity index (χ3n) is 3.73. The van der Waals surface area contributed by atoms with Crippen LogP contribution in [0, 0.1) is 0 Å². The molecule has 0 spiro atoms. The van der Waals surface area contributed by atoms with Gasteiger partial charge in [-0.1, -0.05) is 29.8 Å². The molecule has 3 nitrogen and oxygen atoms in total. The van der Waals surface area contributed by atoms with E-state index in [1.54, 1.807) is 0 Å². The number of rotatable bonds is 3. The fourth-order valence-corrected chi connectivity index (χ4v) is 4.35. The Hall–Kier alpha value is -2.13. The first-order valence-corrected chi connectivity index (χ1v) is 8.85. The summed E-state index contributed by atoms with van der Waals surface area (Å²) < 4.78 is 92.1. The van der Waals surface area contributed by atoms with Gasteiger partial charge in [0.15, 0.2) is 0 Å². The van der Waals surface area contributed by atoms with Crippen molar-refractivity contribution in [1.82, 2.24) is 3.97 Å². The van der Waals surface area contributed by atoms with Crippen LogP contribution < -0.4 is 0 Å². The number of aromatic nitrogens is 1. The van der Waals surface area contributed by atoms with Gasteiger partial charge in [-0.25, -0.2) is 21.2 Å². The zero-order valence-corrected chi connectivity index (χ0v) is 14.2. The van der Waals surface area contributed by atoms with Gasteiger partial charge in [0.1, 0.15) is 4.90 Å². The quantitative estimate of drug-likeness (QED) is 0.537. The van der Waals surface area contributed by atoms with Gasteiger partial charge in [-0.15, -0.1) is 0 Å². The van der Waals surface area contributed by atoms with Crippen LogP contribution in [0.25, 0.3) is 10.9 Å². The van der Waals surface area contributed by atoms with Crippen molar-refractivity contribution in [3.63, 3.8) is 0 Å². The molecule has 0 atom stereocenters. The predicted octanol–water partition coefficient (Wildman–Crippen LogP) is 5.49. The van der Waals surface area contributed by atoms with Crippen LogP contribution in [-0.2, 0) is 16.2 Å². The van der Waals surface area contributed by atoms with Gasteiger partial charge in [0, 0.05) is 22.2 Å². The minimum absolute atomic E-state index is 0.0528. The molecule has 0 saturated heterocycles. The molecule has 0 aliphatic carbocycles. The van der Waals surface area contributed by atoms with E-state index < -0.39 is 38.6 Å². The molecule has 0 amide bonds. The molecule has 26 heavy (non-hydrogen) atoms. The average Bonchev–Trinajstić information content (AvgIpc) is 2.93. The van der Waals surface area contributed by atoms with Crippen LogP contribution in [0.15, 0.2) is 53.6 Å². The maximum Gasteiger partial charge on any atom is 0.417 e. The van der Waals surface area contributed by atoms with Crippen LogP contribution >= 0.6 is 11.6 Å². The first-order valence-electron chi connectivity index (χ1n) is 7.04. The lowest BCUT2D eigenvalue weighted by atomic mass is 10.2. The summed E-state index contributed by atoms with van der Waals surface area (Å²) in [6.07, 6.45) is -7.34. The molecule has 0 radical (unpaired) electrons. The molecular weight excluding hydrogens is 401 g/mol. The van der Waals surface area contributed by atoms with E-state index in [4.69, 9.17) is 11.6 Å². The zero-order valence-electron chi connectivity index (χ0n) is 12.6. The van der Waals surface area contributed by atoms with Crippen LogP contribution in [0.2, 0.25) is 5.02 Å². The van der Waals surface area contributed by atoms with E-state index in [0.717, 1.165) is 24.3 Å². The predicted molar refractivity (Wildman–Crippen MR) is 85.9 cm³/mol. The lowest BCUT2D eigenvalue weighted by molar-refractivity contribution is -0.139. The van der Waals surface area contributed by atoms with E-state index in [1.165, 1.54) is 12.1 Å². The van der Waals surface area contributed by atoms with Gasteiger partial charge in [0.2, 0.25) is 0 Å². The van der Waals surface area contributed by atoms with Gasteiger partial charge in [-0.05, 0) is 24.3 Å². The van der Waals surface area contributed by atoms with Crippen molar-refractivity contribution in [2.24, 2.45) is 0 Å². The molecule has 1 aromatic heterocycles. The number of hydrogen-bond acceptors (Lipinski definition) is 2. The number of halogens is 6. The highest BCUT2D eigenvalue weighted by molar-refractivity contribution is 7.90. The van der Waals surface area contributed by atoms with Gasteiger partial charge in [-0.2, -0.15) is 13.2 Å². The van der Waals surface area contributed by atoms with Crippen molar-refractivity contribution in [3.8, 4) is 0 Å². The van der Waals surface area contributed by atoms with Gasteiger partial charge >= 0.3 is 6.18 Å². The highest BCUT2D eigenvalue weighted by Gasteiger charge is 2.38. The fourth-order valence-electron chi connectivity index (χ4n) is 2.60. The Bertz CT molecular complexity index is 1090. The van der Waals surface area contributed by atoms with Crippen molar-refractivity contribution in [1.29, 1.82) is 0 Å². The number of benzene rings is 2. The van der Waals surface area contributed by atoms with E-state index in [-0.39, 0.29) is 15.9 Å². The summed E-state index contributed by atoms with van der Waals surface area (Å²) >= 11 is 5.80. The highest BCUT2D eigenvalue weighted by atomic mass is 35.5. The van der Waals surface area contributed by atoms with Gasteiger partial charge in [0.25, 0.3) is 16.4 Å². The van der Waals surface area contributed by atoms with Gasteiger partial charge in [0.05, 0.1) is 11.1 Å². The summed E-state index contributed by atoms with van der Waals surface area (Å²) in [4.78, 5) is -1.04. The lowest BCUT2D eigenvalue weighted by Gasteiger charge is -2.14. The second-order valence-corrected chi connectivity index (χ2v) is 7.56. The van der Waals surface area contributed by atoms with E-state index in [1.807, 2.05) is 0 Å². The summed E-state index contributed by atoms with van der Waals surface area (Å²) in [6.45, 7) is 0. The van der Waals surface area contributed by atoms with Gasteiger partial charge < -0.3 is 0 Å². The Kier molecular flexibility index (Phi) is 4.48. The molecule has 3 rings (SSSR count). The van der Waals surface area contributed by atoms with Crippen LogP contribution in [0.3, 0.4) is 0 Å². The number of nitrogens with zero attached hydrogens (tertiary/aromatic N) is 1. The first-order chi connectivity index (χ1) is 12.0.